The largest absolute Gasteiger partial charge is 0.344 e. The number of amides is 2. The van der Waals surface area contributed by atoms with E-state index >= 15 is 0 Å². The standard InChI is InChI=1S/C30H36FN3O2S/c1-3-19(2)28(35)32-26(20-11-5-4-6-12-20)30(36)34-18-10-16-24(34)29-33-27-22(14-9-17-25(27)37-29)21-13-7-8-15-23(21)31/h7-9,13-15,17,19-20,24,26H,3-6,10-12,16,18H2,1-2H3,(H,32,35)/t19-,24+,26+/m1/s1. The molecular weight excluding hydrogens is 485 g/mol. The monoisotopic (exact) mass is 521 g/mol. The van der Waals surface area contributed by atoms with E-state index in [1.54, 1.807) is 23.5 Å². The summed E-state index contributed by atoms with van der Waals surface area (Å²) in [5, 5.41) is 4.05. The fourth-order valence-electron chi connectivity index (χ4n) is 5.80. The summed E-state index contributed by atoms with van der Waals surface area (Å²) in [6, 6.07) is 12.0. The average Bonchev–Trinajstić information content (AvgIpc) is 3.59. The van der Waals surface area contributed by atoms with Gasteiger partial charge in [0, 0.05) is 23.6 Å². The first-order chi connectivity index (χ1) is 18.0. The molecule has 5 rings (SSSR count). The Hall–Kier alpha value is -2.80. The Morgan fingerprint density at radius 3 is 2.57 bits per heavy atom. The Balaban J connectivity index is 1.45. The number of nitrogens with one attached hydrogen (secondary N) is 1. The third-order valence-corrected chi connectivity index (χ3v) is 9.29. The van der Waals surface area contributed by atoms with Gasteiger partial charge < -0.3 is 10.2 Å². The second-order valence-corrected chi connectivity index (χ2v) is 11.6. The maximum Gasteiger partial charge on any atom is 0.246 e. The molecular formula is C30H36FN3O2S. The molecule has 7 heteroatoms. The molecule has 1 saturated carbocycles. The van der Waals surface area contributed by atoms with Crippen LogP contribution in [0.1, 0.15) is 76.3 Å². The number of rotatable bonds is 7. The zero-order valence-corrected chi connectivity index (χ0v) is 22.5. The van der Waals surface area contributed by atoms with Crippen molar-refractivity contribution in [3.63, 3.8) is 0 Å². The molecule has 196 valence electrons. The molecule has 0 spiro atoms. The highest BCUT2D eigenvalue weighted by Crippen LogP contribution is 2.40. The van der Waals surface area contributed by atoms with Crippen LogP contribution in [0.3, 0.4) is 0 Å². The molecule has 1 aliphatic heterocycles. The van der Waals surface area contributed by atoms with E-state index in [-0.39, 0.29) is 35.5 Å². The number of para-hydroxylation sites is 1. The van der Waals surface area contributed by atoms with E-state index < -0.39 is 6.04 Å². The minimum absolute atomic E-state index is 0.0274. The summed E-state index contributed by atoms with van der Waals surface area (Å²) >= 11 is 1.59. The minimum Gasteiger partial charge on any atom is -0.344 e. The van der Waals surface area contributed by atoms with Crippen LogP contribution in [-0.4, -0.2) is 34.3 Å². The number of nitrogens with zero attached hydrogens (tertiary/aromatic N) is 2. The zero-order valence-electron chi connectivity index (χ0n) is 21.7. The summed E-state index contributed by atoms with van der Waals surface area (Å²) in [5.41, 5.74) is 2.09. The van der Waals surface area contributed by atoms with Crippen molar-refractivity contribution >= 4 is 33.4 Å². The van der Waals surface area contributed by atoms with Gasteiger partial charge in [-0.3, -0.25) is 9.59 Å². The molecule has 2 heterocycles. The Morgan fingerprint density at radius 1 is 1.05 bits per heavy atom. The molecule has 3 atom stereocenters. The maximum atomic E-state index is 14.6. The van der Waals surface area contributed by atoms with Crippen LogP contribution in [-0.2, 0) is 9.59 Å². The highest BCUT2D eigenvalue weighted by Gasteiger charge is 2.40. The van der Waals surface area contributed by atoms with Crippen molar-refractivity contribution < 1.29 is 14.0 Å². The van der Waals surface area contributed by atoms with E-state index in [0.29, 0.717) is 12.1 Å². The van der Waals surface area contributed by atoms with Gasteiger partial charge in [-0.15, -0.1) is 11.3 Å². The fraction of sp³-hybridized carbons (Fsp3) is 0.500. The molecule has 0 bridgehead atoms. The van der Waals surface area contributed by atoms with Gasteiger partial charge >= 0.3 is 0 Å². The summed E-state index contributed by atoms with van der Waals surface area (Å²) < 4.78 is 15.6. The molecule has 2 aliphatic rings. The van der Waals surface area contributed by atoms with Gasteiger partial charge in [-0.2, -0.15) is 0 Å². The molecule has 2 aromatic carbocycles. The quantitative estimate of drug-likeness (QED) is 0.369. The molecule has 1 aromatic heterocycles. The molecule has 3 aromatic rings. The van der Waals surface area contributed by atoms with E-state index in [0.717, 1.165) is 65.7 Å². The molecule has 1 N–H and O–H groups in total. The summed E-state index contributed by atoms with van der Waals surface area (Å²) in [4.78, 5) is 33.9. The highest BCUT2D eigenvalue weighted by molar-refractivity contribution is 7.18. The fourth-order valence-corrected chi connectivity index (χ4v) is 6.94. The second-order valence-electron chi connectivity index (χ2n) is 10.6. The first kappa shape index (κ1) is 25.8. The van der Waals surface area contributed by atoms with Crippen molar-refractivity contribution in [1.82, 2.24) is 15.2 Å². The van der Waals surface area contributed by atoms with Crippen molar-refractivity contribution in [2.75, 3.05) is 6.54 Å². The molecule has 2 fully saturated rings. The van der Waals surface area contributed by atoms with Gasteiger partial charge in [-0.1, -0.05) is 63.4 Å². The molecule has 5 nitrogen and oxygen atoms in total. The van der Waals surface area contributed by atoms with Gasteiger partial charge in [0.15, 0.2) is 0 Å². The third-order valence-electron chi connectivity index (χ3n) is 8.17. The zero-order chi connectivity index (χ0) is 25.9. The number of hydrogen-bond acceptors (Lipinski definition) is 4. The molecule has 0 unspecified atom stereocenters. The highest BCUT2D eigenvalue weighted by atomic mass is 32.1. The van der Waals surface area contributed by atoms with Crippen LogP contribution in [0.5, 0.6) is 0 Å². The Labute approximate surface area is 222 Å². The SMILES string of the molecule is CC[C@@H](C)C(=O)N[C@H](C(=O)N1CCC[C@H]1c1nc2c(-c3ccccc3F)cccc2s1)C1CCCCC1. The van der Waals surface area contributed by atoms with Crippen LogP contribution in [0.25, 0.3) is 21.3 Å². The second kappa shape index (κ2) is 11.3. The Bertz CT molecular complexity index is 1270. The van der Waals surface area contributed by atoms with Gasteiger partial charge in [-0.25, -0.2) is 9.37 Å². The van der Waals surface area contributed by atoms with Crippen LogP contribution in [0, 0.1) is 17.7 Å². The number of carbonyl (C=O) groups is 2. The Kier molecular flexibility index (Phi) is 7.89. The molecule has 2 amide bonds. The van der Waals surface area contributed by atoms with Gasteiger partial charge in [-0.05, 0) is 50.2 Å². The smallest absolute Gasteiger partial charge is 0.246 e. The van der Waals surface area contributed by atoms with Crippen LogP contribution in [0.4, 0.5) is 4.39 Å². The van der Waals surface area contributed by atoms with Crippen LogP contribution in [0.15, 0.2) is 42.5 Å². The minimum atomic E-state index is -0.481. The predicted molar refractivity (Wildman–Crippen MR) is 147 cm³/mol. The number of halogens is 1. The summed E-state index contributed by atoms with van der Waals surface area (Å²) in [6.07, 6.45) is 7.85. The number of carbonyl (C=O) groups excluding carboxylic acids is 2. The van der Waals surface area contributed by atoms with Crippen molar-refractivity contribution in [3.05, 3.63) is 53.3 Å². The lowest BCUT2D eigenvalue weighted by atomic mass is 9.83. The Morgan fingerprint density at radius 2 is 1.81 bits per heavy atom. The average molecular weight is 522 g/mol. The van der Waals surface area contributed by atoms with Crippen molar-refractivity contribution in [3.8, 4) is 11.1 Å². The number of likely N-dealkylation sites (tertiary alicyclic amines) is 1. The number of benzene rings is 2. The lowest BCUT2D eigenvalue weighted by Gasteiger charge is -2.35. The van der Waals surface area contributed by atoms with Crippen molar-refractivity contribution in [1.29, 1.82) is 0 Å². The molecule has 1 aliphatic carbocycles. The van der Waals surface area contributed by atoms with Crippen molar-refractivity contribution in [2.24, 2.45) is 11.8 Å². The van der Waals surface area contributed by atoms with E-state index in [1.165, 1.54) is 12.5 Å². The van der Waals surface area contributed by atoms with E-state index in [1.807, 2.05) is 43.0 Å². The lowest BCUT2D eigenvalue weighted by Crippen LogP contribution is -2.53. The number of thiazole rings is 1. The van der Waals surface area contributed by atoms with Gasteiger partial charge in [0.25, 0.3) is 0 Å². The van der Waals surface area contributed by atoms with Crippen LogP contribution < -0.4 is 5.32 Å². The van der Waals surface area contributed by atoms with E-state index in [4.69, 9.17) is 4.98 Å². The van der Waals surface area contributed by atoms with Crippen LogP contribution >= 0.6 is 11.3 Å². The predicted octanol–water partition coefficient (Wildman–Crippen LogP) is 6.88. The van der Waals surface area contributed by atoms with Gasteiger partial charge in [0.2, 0.25) is 11.8 Å². The summed E-state index contributed by atoms with van der Waals surface area (Å²) in [6.45, 7) is 4.59. The van der Waals surface area contributed by atoms with Gasteiger partial charge in [0.1, 0.15) is 16.9 Å². The van der Waals surface area contributed by atoms with E-state index in [2.05, 4.69) is 5.32 Å². The molecule has 37 heavy (non-hydrogen) atoms. The van der Waals surface area contributed by atoms with E-state index in [9.17, 15) is 14.0 Å². The number of fused-ring (bicyclic) bond motifs is 1. The first-order valence-electron chi connectivity index (χ1n) is 13.7. The first-order valence-corrected chi connectivity index (χ1v) is 14.5. The topological polar surface area (TPSA) is 62.3 Å². The van der Waals surface area contributed by atoms with Crippen LogP contribution in [0.2, 0.25) is 0 Å². The lowest BCUT2D eigenvalue weighted by molar-refractivity contribution is -0.140. The normalized spacial score (nSPS) is 20.2. The van der Waals surface area contributed by atoms with Crippen molar-refractivity contribution in [2.45, 2.75) is 77.3 Å². The maximum absolute atomic E-state index is 14.6. The van der Waals surface area contributed by atoms with Gasteiger partial charge in [0.05, 0.1) is 16.3 Å². The molecule has 0 radical (unpaired) electrons. The number of hydrogen-bond donors (Lipinski definition) is 1. The number of aromatic nitrogens is 1. The third kappa shape index (κ3) is 5.28. The summed E-state index contributed by atoms with van der Waals surface area (Å²) in [7, 11) is 0. The molecule has 1 saturated heterocycles. The summed E-state index contributed by atoms with van der Waals surface area (Å²) in [5.74, 6) is -0.209.